The van der Waals surface area contributed by atoms with Gasteiger partial charge in [-0.25, -0.2) is 0 Å². The summed E-state index contributed by atoms with van der Waals surface area (Å²) in [6, 6.07) is 40.1. The number of hydrogen-bond donors (Lipinski definition) is 0. The molecule has 0 bridgehead atoms. The first-order valence-corrected chi connectivity index (χ1v) is 13.8. The molecule has 0 aliphatic rings. The van der Waals surface area contributed by atoms with Gasteiger partial charge in [-0.3, -0.25) is 0 Å². The molecule has 1 aromatic heterocycles. The van der Waals surface area contributed by atoms with E-state index >= 15 is 0 Å². The molecule has 0 saturated carbocycles. The normalized spacial score (nSPS) is 12.8. The summed E-state index contributed by atoms with van der Waals surface area (Å²) >= 11 is 8.16. The van der Waals surface area contributed by atoms with Crippen LogP contribution in [0.2, 0.25) is 0 Å². The van der Waals surface area contributed by atoms with Crippen molar-refractivity contribution < 1.29 is 4.42 Å². The van der Waals surface area contributed by atoms with Crippen molar-refractivity contribution in [2.45, 2.75) is 6.16 Å². The topological polar surface area (TPSA) is 30.2 Å². The van der Waals surface area contributed by atoms with Crippen LogP contribution in [0.3, 0.4) is 0 Å². The summed E-state index contributed by atoms with van der Waals surface area (Å²) in [7, 11) is 0. The van der Waals surface area contributed by atoms with Crippen LogP contribution in [0.25, 0.3) is 11.0 Å². The molecule has 0 saturated heterocycles. The molecule has 0 N–H and O–H groups in total. The summed E-state index contributed by atoms with van der Waals surface area (Å²) in [5.41, 5.74) is 1.10. The summed E-state index contributed by atoms with van der Waals surface area (Å²) in [5, 5.41) is 4.10. The van der Waals surface area contributed by atoms with Crippen LogP contribution in [0, 0.1) is 0 Å². The number of benzene rings is 4. The van der Waals surface area contributed by atoms with E-state index in [-0.39, 0.29) is 5.63 Å². The van der Waals surface area contributed by atoms with Gasteiger partial charge >= 0.3 is 192 Å². The predicted molar refractivity (Wildman–Crippen MR) is 137 cm³/mol. The van der Waals surface area contributed by atoms with Gasteiger partial charge in [-0.15, -0.1) is 0 Å². The number of rotatable bonds is 5. The Kier molecular flexibility index (Phi) is 5.21. The number of hydrogen-bond acceptors (Lipinski definition) is 2. The number of fused-ring (bicyclic) bond motifs is 1. The van der Waals surface area contributed by atoms with Crippen molar-refractivity contribution in [1.82, 2.24) is 0 Å². The van der Waals surface area contributed by atoms with E-state index in [2.05, 4.69) is 36.4 Å². The standard InChI is InChI=1S/C28H22ClO2P/c29-32(23-12-4-1-5-13-23,24-14-6-2-7-15-24,25-16-8-3-9-17-25)21-22-20-28(30)31-27-19-11-10-18-26(22)27/h1-20H,21H2. The Morgan fingerprint density at radius 1 is 0.625 bits per heavy atom. The molecule has 4 heteroatoms. The Labute approximate surface area is 191 Å². The molecular weight excluding hydrogens is 435 g/mol. The van der Waals surface area contributed by atoms with E-state index in [9.17, 15) is 4.79 Å². The van der Waals surface area contributed by atoms with Crippen LogP contribution in [-0.2, 0) is 6.16 Å². The maximum atomic E-state index is 12.5. The second-order valence-electron chi connectivity index (χ2n) is 7.93. The number of halogens is 1. The minimum atomic E-state index is -3.53. The first-order valence-electron chi connectivity index (χ1n) is 10.5. The average Bonchev–Trinajstić information content (AvgIpc) is 2.85. The summed E-state index contributed by atoms with van der Waals surface area (Å²) < 4.78 is 5.48. The average molecular weight is 457 g/mol. The first kappa shape index (κ1) is 20.7. The Morgan fingerprint density at radius 3 is 1.56 bits per heavy atom. The zero-order valence-corrected chi connectivity index (χ0v) is 19.0. The molecule has 0 radical (unpaired) electrons. The summed E-state index contributed by atoms with van der Waals surface area (Å²) in [4.78, 5) is 12.5. The van der Waals surface area contributed by atoms with Crippen molar-refractivity contribution >= 4 is 44.1 Å². The van der Waals surface area contributed by atoms with Crippen molar-refractivity contribution in [2.75, 3.05) is 0 Å². The van der Waals surface area contributed by atoms with E-state index in [0.717, 1.165) is 26.9 Å². The van der Waals surface area contributed by atoms with Crippen LogP contribution in [-0.4, -0.2) is 0 Å². The molecule has 0 atom stereocenters. The zero-order valence-electron chi connectivity index (χ0n) is 17.4. The second kappa shape index (κ2) is 8.06. The third kappa shape index (κ3) is 3.28. The Balaban J connectivity index is 1.91. The molecule has 0 spiro atoms. The third-order valence-electron chi connectivity index (χ3n) is 6.09. The molecule has 32 heavy (non-hydrogen) atoms. The van der Waals surface area contributed by atoms with E-state index in [1.54, 1.807) is 6.07 Å². The molecule has 0 aliphatic heterocycles. The Hall–Kier alpha value is -3.19. The molecule has 0 aliphatic carbocycles. The van der Waals surface area contributed by atoms with Gasteiger partial charge in [-0.05, 0) is 0 Å². The third-order valence-corrected chi connectivity index (χ3v) is 13.3. The molecule has 0 amide bonds. The van der Waals surface area contributed by atoms with E-state index < -0.39 is 5.96 Å². The fraction of sp³-hybridized carbons (Fsp3) is 0.0357. The molecule has 2 nitrogen and oxygen atoms in total. The summed E-state index contributed by atoms with van der Waals surface area (Å²) in [6.45, 7) is 0. The summed E-state index contributed by atoms with van der Waals surface area (Å²) in [5.74, 6) is -3.53. The van der Waals surface area contributed by atoms with Crippen molar-refractivity contribution in [3.63, 3.8) is 0 Å². The maximum absolute atomic E-state index is 12.5. The molecule has 4 aromatic carbocycles. The number of para-hydroxylation sites is 1. The SMILES string of the molecule is O=c1cc(CP(Cl)(c2ccccc2)(c2ccccc2)c2ccccc2)c2ccccc2o1. The van der Waals surface area contributed by atoms with Gasteiger partial charge in [0, 0.05) is 0 Å². The van der Waals surface area contributed by atoms with E-state index in [1.165, 1.54) is 0 Å². The van der Waals surface area contributed by atoms with Crippen molar-refractivity contribution in [1.29, 1.82) is 0 Å². The van der Waals surface area contributed by atoms with Crippen LogP contribution >= 0.6 is 17.2 Å². The zero-order chi connectivity index (χ0) is 22.0. The van der Waals surface area contributed by atoms with E-state index in [1.807, 2.05) is 78.9 Å². The molecule has 5 rings (SSSR count). The van der Waals surface area contributed by atoms with Gasteiger partial charge in [0.05, 0.1) is 0 Å². The molecule has 5 aromatic rings. The van der Waals surface area contributed by atoms with Gasteiger partial charge in [0.1, 0.15) is 0 Å². The van der Waals surface area contributed by atoms with Crippen LogP contribution < -0.4 is 21.5 Å². The van der Waals surface area contributed by atoms with Crippen molar-refractivity contribution in [2.24, 2.45) is 0 Å². The second-order valence-corrected chi connectivity index (χ2v) is 14.4. The van der Waals surface area contributed by atoms with Gasteiger partial charge in [-0.2, -0.15) is 0 Å². The quantitative estimate of drug-likeness (QED) is 0.241. The fourth-order valence-corrected chi connectivity index (χ4v) is 10.7. The minimum absolute atomic E-state index is 0.366. The molecular formula is C28H22ClO2P. The molecule has 0 unspecified atom stereocenters. The van der Waals surface area contributed by atoms with Crippen molar-refractivity contribution in [3.05, 3.63) is 137 Å². The van der Waals surface area contributed by atoms with E-state index in [4.69, 9.17) is 15.7 Å². The predicted octanol–water partition coefficient (Wildman–Crippen LogP) is 5.98. The molecule has 158 valence electrons. The van der Waals surface area contributed by atoms with Gasteiger partial charge in [0.2, 0.25) is 0 Å². The molecule has 0 fully saturated rings. The van der Waals surface area contributed by atoms with Gasteiger partial charge < -0.3 is 0 Å². The van der Waals surface area contributed by atoms with Gasteiger partial charge in [0.15, 0.2) is 0 Å². The van der Waals surface area contributed by atoms with Gasteiger partial charge in [0.25, 0.3) is 0 Å². The van der Waals surface area contributed by atoms with Crippen LogP contribution in [0.4, 0.5) is 0 Å². The molecule has 1 heterocycles. The fourth-order valence-electron chi connectivity index (χ4n) is 4.57. The van der Waals surface area contributed by atoms with Crippen LogP contribution in [0.1, 0.15) is 5.56 Å². The summed E-state index contributed by atoms with van der Waals surface area (Å²) in [6.07, 6.45) is 0.497. The van der Waals surface area contributed by atoms with E-state index in [0.29, 0.717) is 11.7 Å². The Morgan fingerprint density at radius 2 is 1.06 bits per heavy atom. The van der Waals surface area contributed by atoms with Crippen LogP contribution in [0.5, 0.6) is 0 Å². The Bertz CT molecular complexity index is 1330. The first-order chi connectivity index (χ1) is 15.6. The monoisotopic (exact) mass is 456 g/mol. The van der Waals surface area contributed by atoms with Crippen LogP contribution in [0.15, 0.2) is 131 Å². The van der Waals surface area contributed by atoms with Gasteiger partial charge in [-0.1, -0.05) is 0 Å². The van der Waals surface area contributed by atoms with Crippen molar-refractivity contribution in [3.8, 4) is 0 Å².